The number of hydrogen-bond acceptors (Lipinski definition) is 8. The van der Waals surface area contributed by atoms with Crippen LogP contribution >= 0.6 is 11.8 Å². The van der Waals surface area contributed by atoms with Crippen LogP contribution in [0.1, 0.15) is 26.6 Å². The molecule has 1 aromatic rings. The third-order valence-corrected chi connectivity index (χ3v) is 7.45. The first-order valence-electron chi connectivity index (χ1n) is 7.05. The van der Waals surface area contributed by atoms with Crippen molar-refractivity contribution < 1.29 is 21.6 Å². The van der Waals surface area contributed by atoms with Crippen LogP contribution in [0, 0.1) is 0 Å². The Morgan fingerprint density at radius 2 is 1.60 bits per heavy atom. The SMILES string of the molecule is CN(C)C(=O)n1nc(C(C)(C)C)nc1SCN(S(C)(=O)=O)S(C)(=O)=O. The summed E-state index contributed by atoms with van der Waals surface area (Å²) in [7, 11) is -4.91. The maximum atomic E-state index is 12.3. The molecule has 0 spiro atoms. The van der Waals surface area contributed by atoms with E-state index in [1.807, 2.05) is 20.8 Å². The summed E-state index contributed by atoms with van der Waals surface area (Å²) in [5, 5.41) is 4.29. The van der Waals surface area contributed by atoms with Gasteiger partial charge in [0.05, 0.1) is 18.4 Å². The van der Waals surface area contributed by atoms with Crippen LogP contribution in [0.25, 0.3) is 0 Å². The second-order valence-corrected chi connectivity index (χ2v) is 11.6. The molecule has 0 aliphatic rings. The zero-order chi connectivity index (χ0) is 19.8. The molecule has 0 bridgehead atoms. The minimum absolute atomic E-state index is 0.112. The predicted octanol–water partition coefficient (Wildman–Crippen LogP) is 0.376. The molecule has 0 aliphatic carbocycles. The average molecular weight is 414 g/mol. The van der Waals surface area contributed by atoms with Gasteiger partial charge in [-0.05, 0) is 0 Å². The average Bonchev–Trinajstić information content (AvgIpc) is 2.78. The van der Waals surface area contributed by atoms with Crippen molar-refractivity contribution in [2.75, 3.05) is 32.5 Å². The van der Waals surface area contributed by atoms with Crippen LogP contribution in [0.5, 0.6) is 0 Å². The van der Waals surface area contributed by atoms with Crippen molar-refractivity contribution in [2.24, 2.45) is 0 Å². The Hall–Kier alpha value is -1.18. The van der Waals surface area contributed by atoms with Gasteiger partial charge in [-0.2, -0.15) is 4.68 Å². The molecule has 10 nitrogen and oxygen atoms in total. The van der Waals surface area contributed by atoms with Crippen molar-refractivity contribution in [3.8, 4) is 0 Å². The van der Waals surface area contributed by atoms with Crippen LogP contribution in [0.3, 0.4) is 0 Å². The van der Waals surface area contributed by atoms with Crippen molar-refractivity contribution >= 4 is 37.8 Å². The highest BCUT2D eigenvalue weighted by molar-refractivity contribution is 8.06. The van der Waals surface area contributed by atoms with E-state index >= 15 is 0 Å². The van der Waals surface area contributed by atoms with Crippen LogP contribution in [0.2, 0.25) is 0 Å². The summed E-state index contributed by atoms with van der Waals surface area (Å²) in [4.78, 5) is 17.8. The third-order valence-electron chi connectivity index (χ3n) is 2.85. The second kappa shape index (κ2) is 7.21. The highest BCUT2D eigenvalue weighted by Crippen LogP contribution is 2.25. The fraction of sp³-hybridized carbons (Fsp3) is 0.750. The normalized spacial score (nSPS) is 13.3. The number of nitrogens with zero attached hydrogens (tertiary/aromatic N) is 5. The van der Waals surface area contributed by atoms with E-state index in [1.54, 1.807) is 0 Å². The van der Waals surface area contributed by atoms with Crippen molar-refractivity contribution in [1.82, 2.24) is 23.4 Å². The first-order valence-corrected chi connectivity index (χ1v) is 11.7. The maximum Gasteiger partial charge on any atom is 0.346 e. The number of aromatic nitrogens is 3. The molecule has 1 amide bonds. The number of carbonyl (C=O) groups excluding carboxylic acids is 1. The number of amides is 1. The first-order chi connectivity index (χ1) is 11.0. The summed E-state index contributed by atoms with van der Waals surface area (Å²) in [6.07, 6.45) is 1.59. The Kier molecular flexibility index (Phi) is 6.30. The Morgan fingerprint density at radius 1 is 1.12 bits per heavy atom. The summed E-state index contributed by atoms with van der Waals surface area (Å²) < 4.78 is 48.2. The molecular formula is C12H23N5O5S3. The standard InChI is InChI=1S/C12H23N5O5S3/c1-12(2,3)9-13-10(17(14-9)11(18)15(4)5)23-8-16(24(6,19)20)25(7,21)22/h8H2,1-7H3. The van der Waals surface area contributed by atoms with Gasteiger partial charge in [0.1, 0.15) is 0 Å². The zero-order valence-electron chi connectivity index (χ0n) is 15.2. The highest BCUT2D eigenvalue weighted by atomic mass is 32.3. The van der Waals surface area contributed by atoms with Crippen molar-refractivity contribution in [3.63, 3.8) is 0 Å². The smallest absolute Gasteiger partial charge is 0.329 e. The lowest BCUT2D eigenvalue weighted by Gasteiger charge is -2.17. The van der Waals surface area contributed by atoms with Crippen LogP contribution in [-0.4, -0.2) is 78.7 Å². The fourth-order valence-electron chi connectivity index (χ4n) is 1.57. The van der Waals surface area contributed by atoms with Crippen molar-refractivity contribution in [1.29, 1.82) is 0 Å². The van der Waals surface area contributed by atoms with Gasteiger partial charge in [-0.3, -0.25) is 0 Å². The van der Waals surface area contributed by atoms with E-state index < -0.39 is 37.4 Å². The van der Waals surface area contributed by atoms with E-state index in [0.717, 1.165) is 29.0 Å². The summed E-state index contributed by atoms with van der Waals surface area (Å²) in [5.41, 5.74) is -0.444. The number of carbonyl (C=O) groups is 1. The van der Waals surface area contributed by atoms with Gasteiger partial charge in [-0.25, -0.2) is 26.6 Å². The van der Waals surface area contributed by atoms with Gasteiger partial charge in [0.25, 0.3) is 0 Å². The minimum atomic E-state index is -3.99. The number of thioether (sulfide) groups is 1. The van der Waals surface area contributed by atoms with Gasteiger partial charge < -0.3 is 4.90 Å². The Balaban J connectivity index is 3.28. The van der Waals surface area contributed by atoms with E-state index in [9.17, 15) is 21.6 Å². The molecule has 1 aromatic heterocycles. The lowest BCUT2D eigenvalue weighted by molar-refractivity contribution is 0.213. The van der Waals surface area contributed by atoms with Crippen molar-refractivity contribution in [2.45, 2.75) is 31.3 Å². The summed E-state index contributed by atoms with van der Waals surface area (Å²) in [6, 6.07) is -0.476. The third kappa shape index (κ3) is 5.66. The van der Waals surface area contributed by atoms with Gasteiger partial charge in [-0.1, -0.05) is 36.2 Å². The minimum Gasteiger partial charge on any atom is -0.329 e. The molecule has 144 valence electrons. The van der Waals surface area contributed by atoms with Gasteiger partial charge >= 0.3 is 6.03 Å². The molecule has 1 rings (SSSR count). The molecular weight excluding hydrogens is 390 g/mol. The summed E-state index contributed by atoms with van der Waals surface area (Å²) >= 11 is 0.801. The topological polar surface area (TPSA) is 123 Å². The lowest BCUT2D eigenvalue weighted by Crippen LogP contribution is -2.35. The van der Waals surface area contributed by atoms with Gasteiger partial charge in [0, 0.05) is 19.5 Å². The van der Waals surface area contributed by atoms with Gasteiger partial charge in [-0.15, -0.1) is 5.10 Å². The molecule has 0 aromatic carbocycles. The lowest BCUT2D eigenvalue weighted by atomic mass is 9.96. The summed E-state index contributed by atoms with van der Waals surface area (Å²) in [6.45, 7) is 5.59. The van der Waals surface area contributed by atoms with Crippen LogP contribution in [0.15, 0.2) is 5.16 Å². The number of hydrogen-bond donors (Lipinski definition) is 0. The Labute approximate surface area is 152 Å². The number of sulfonamides is 2. The molecule has 0 N–H and O–H groups in total. The predicted molar refractivity (Wildman–Crippen MR) is 95.5 cm³/mol. The van der Waals surface area contributed by atoms with Crippen LogP contribution in [0.4, 0.5) is 4.79 Å². The fourth-order valence-corrected chi connectivity index (χ4v) is 6.00. The number of rotatable bonds is 5. The quantitative estimate of drug-likeness (QED) is 0.501. The van der Waals surface area contributed by atoms with Crippen molar-refractivity contribution in [3.05, 3.63) is 5.82 Å². The van der Waals surface area contributed by atoms with E-state index in [4.69, 9.17) is 0 Å². The molecule has 0 radical (unpaired) electrons. The molecule has 0 aliphatic heterocycles. The van der Waals surface area contributed by atoms with Crippen LogP contribution in [-0.2, 0) is 25.5 Å². The first kappa shape index (κ1) is 21.9. The molecule has 0 unspecified atom stereocenters. The maximum absolute atomic E-state index is 12.3. The Bertz CT molecular complexity index is 820. The Morgan fingerprint density at radius 3 is 1.96 bits per heavy atom. The molecule has 25 heavy (non-hydrogen) atoms. The van der Waals surface area contributed by atoms with Gasteiger partial charge in [0.2, 0.25) is 20.0 Å². The molecule has 0 atom stereocenters. The van der Waals surface area contributed by atoms with E-state index in [-0.39, 0.29) is 5.16 Å². The summed E-state index contributed by atoms with van der Waals surface area (Å²) in [5.74, 6) is -0.0591. The molecule has 13 heteroatoms. The monoisotopic (exact) mass is 413 g/mol. The highest BCUT2D eigenvalue weighted by Gasteiger charge is 2.30. The second-order valence-electron chi connectivity index (χ2n) is 6.63. The van der Waals surface area contributed by atoms with Gasteiger partial charge in [0.15, 0.2) is 11.0 Å². The zero-order valence-corrected chi connectivity index (χ0v) is 17.7. The largest absolute Gasteiger partial charge is 0.346 e. The molecule has 0 saturated carbocycles. The van der Waals surface area contributed by atoms with E-state index in [1.165, 1.54) is 19.0 Å². The molecule has 0 saturated heterocycles. The van der Waals surface area contributed by atoms with E-state index in [0.29, 0.717) is 9.53 Å². The van der Waals surface area contributed by atoms with E-state index in [2.05, 4.69) is 10.1 Å². The molecule has 0 fully saturated rings. The van der Waals surface area contributed by atoms with Crippen LogP contribution < -0.4 is 0 Å². The molecule has 1 heterocycles.